The van der Waals surface area contributed by atoms with E-state index >= 15 is 0 Å². The summed E-state index contributed by atoms with van der Waals surface area (Å²) in [7, 11) is 0. The number of hydrogen-bond donors (Lipinski definition) is 0. The fraction of sp³-hybridized carbons (Fsp3) is 0.500. The van der Waals surface area contributed by atoms with Crippen LogP contribution in [-0.4, -0.2) is 0 Å². The van der Waals surface area contributed by atoms with Gasteiger partial charge in [-0.2, -0.15) is 0 Å². The molecule has 3 nitrogen and oxygen atoms in total. The molecule has 0 aliphatic heterocycles. The standard InChI is InChI=1S/C6H8O3/c1-2-3-5-4-8-6(7)9-5/h4H,2-3H2,1H3. The molecule has 0 aromatic carbocycles. The second kappa shape index (κ2) is 2.53. The van der Waals surface area contributed by atoms with Gasteiger partial charge in [0.25, 0.3) is 0 Å². The molecule has 0 aliphatic rings. The lowest BCUT2D eigenvalue weighted by Crippen LogP contribution is -1.86. The second-order valence-corrected chi connectivity index (χ2v) is 1.80. The van der Waals surface area contributed by atoms with Crippen molar-refractivity contribution in [2.24, 2.45) is 0 Å². The van der Waals surface area contributed by atoms with Crippen molar-refractivity contribution in [3.63, 3.8) is 0 Å². The van der Waals surface area contributed by atoms with Gasteiger partial charge >= 0.3 is 5.82 Å². The van der Waals surface area contributed by atoms with Crippen molar-refractivity contribution in [3.05, 3.63) is 22.6 Å². The van der Waals surface area contributed by atoms with Crippen LogP contribution in [0.25, 0.3) is 0 Å². The van der Waals surface area contributed by atoms with Crippen molar-refractivity contribution < 1.29 is 8.83 Å². The minimum atomic E-state index is -0.613. The Morgan fingerprint density at radius 1 is 1.67 bits per heavy atom. The van der Waals surface area contributed by atoms with Gasteiger partial charge in [-0.15, -0.1) is 0 Å². The zero-order chi connectivity index (χ0) is 6.69. The van der Waals surface area contributed by atoms with E-state index < -0.39 is 5.82 Å². The van der Waals surface area contributed by atoms with Crippen LogP contribution in [-0.2, 0) is 6.42 Å². The quantitative estimate of drug-likeness (QED) is 0.600. The highest BCUT2D eigenvalue weighted by Gasteiger charge is 1.96. The average molecular weight is 128 g/mol. The van der Waals surface area contributed by atoms with Gasteiger partial charge in [-0.3, -0.25) is 0 Å². The molecule has 0 saturated heterocycles. The summed E-state index contributed by atoms with van der Waals surface area (Å²) in [5, 5.41) is 0. The van der Waals surface area contributed by atoms with Gasteiger partial charge in [-0.25, -0.2) is 4.79 Å². The van der Waals surface area contributed by atoms with E-state index in [1.165, 1.54) is 6.26 Å². The van der Waals surface area contributed by atoms with Crippen LogP contribution >= 0.6 is 0 Å². The van der Waals surface area contributed by atoms with E-state index in [1.54, 1.807) is 0 Å². The van der Waals surface area contributed by atoms with Gasteiger partial charge in [0.2, 0.25) is 0 Å². The Bertz CT molecular complexity index is 220. The third-order valence-corrected chi connectivity index (χ3v) is 0.997. The maximum absolute atomic E-state index is 10.2. The summed E-state index contributed by atoms with van der Waals surface area (Å²) in [4.78, 5) is 10.2. The van der Waals surface area contributed by atoms with Crippen LogP contribution in [0.3, 0.4) is 0 Å². The lowest BCUT2D eigenvalue weighted by atomic mass is 10.3. The Labute approximate surface area is 52.3 Å². The molecule has 1 aromatic rings. The van der Waals surface area contributed by atoms with Crippen molar-refractivity contribution in [2.75, 3.05) is 0 Å². The predicted octanol–water partition coefficient (Wildman–Crippen LogP) is 1.19. The fourth-order valence-electron chi connectivity index (χ4n) is 0.625. The van der Waals surface area contributed by atoms with Gasteiger partial charge in [0.15, 0.2) is 0 Å². The van der Waals surface area contributed by atoms with Crippen LogP contribution in [0.4, 0.5) is 0 Å². The van der Waals surface area contributed by atoms with Gasteiger partial charge in [0, 0.05) is 6.42 Å². The molecule has 50 valence electrons. The Hall–Kier alpha value is -0.990. The molecule has 3 heteroatoms. The molecule has 0 saturated carbocycles. The third-order valence-electron chi connectivity index (χ3n) is 0.997. The Balaban J connectivity index is 2.73. The van der Waals surface area contributed by atoms with Crippen LogP contribution < -0.4 is 5.82 Å². The van der Waals surface area contributed by atoms with E-state index in [9.17, 15) is 4.79 Å². The summed E-state index contributed by atoms with van der Waals surface area (Å²) in [6.45, 7) is 2.01. The first-order valence-electron chi connectivity index (χ1n) is 2.90. The molecule has 0 unspecified atom stereocenters. The number of rotatable bonds is 2. The molecule has 0 spiro atoms. The monoisotopic (exact) mass is 128 g/mol. The second-order valence-electron chi connectivity index (χ2n) is 1.80. The van der Waals surface area contributed by atoms with Gasteiger partial charge in [-0.1, -0.05) is 6.92 Å². The molecule has 0 bridgehead atoms. The van der Waals surface area contributed by atoms with Crippen LogP contribution in [0.2, 0.25) is 0 Å². The third kappa shape index (κ3) is 1.45. The van der Waals surface area contributed by atoms with Crippen molar-refractivity contribution in [2.45, 2.75) is 19.8 Å². The van der Waals surface area contributed by atoms with Crippen molar-refractivity contribution in [1.82, 2.24) is 0 Å². The van der Waals surface area contributed by atoms with Crippen molar-refractivity contribution in [3.8, 4) is 0 Å². The molecular formula is C6H8O3. The summed E-state index contributed by atoms with van der Waals surface area (Å²) in [5.74, 6) is 0.0148. The maximum Gasteiger partial charge on any atom is 0.518 e. The summed E-state index contributed by atoms with van der Waals surface area (Å²) in [6.07, 6.45) is 3.08. The summed E-state index contributed by atoms with van der Waals surface area (Å²) >= 11 is 0. The minimum absolute atomic E-state index is 0.613. The van der Waals surface area contributed by atoms with Crippen LogP contribution in [0, 0.1) is 0 Å². The van der Waals surface area contributed by atoms with Crippen LogP contribution in [0.1, 0.15) is 19.1 Å². The fourth-order valence-corrected chi connectivity index (χ4v) is 0.625. The first-order chi connectivity index (χ1) is 4.33. The molecule has 0 fully saturated rings. The Morgan fingerprint density at radius 3 is 2.89 bits per heavy atom. The van der Waals surface area contributed by atoms with E-state index in [1.807, 2.05) is 6.92 Å². The van der Waals surface area contributed by atoms with E-state index in [-0.39, 0.29) is 0 Å². The normalized spacial score (nSPS) is 9.89. The number of aryl methyl sites for hydroxylation is 1. The minimum Gasteiger partial charge on any atom is -0.399 e. The highest BCUT2D eigenvalue weighted by Crippen LogP contribution is 1.97. The molecule has 0 amide bonds. The molecule has 0 aliphatic carbocycles. The van der Waals surface area contributed by atoms with E-state index in [4.69, 9.17) is 0 Å². The number of hydrogen-bond acceptors (Lipinski definition) is 3. The van der Waals surface area contributed by atoms with Gasteiger partial charge < -0.3 is 8.83 Å². The predicted molar refractivity (Wildman–Crippen MR) is 31.2 cm³/mol. The topological polar surface area (TPSA) is 43.4 Å². The van der Waals surface area contributed by atoms with E-state index in [0.29, 0.717) is 5.76 Å². The molecule has 1 rings (SSSR count). The zero-order valence-electron chi connectivity index (χ0n) is 5.22. The van der Waals surface area contributed by atoms with E-state index in [0.717, 1.165) is 12.8 Å². The van der Waals surface area contributed by atoms with Gasteiger partial charge in [0.1, 0.15) is 12.0 Å². The Morgan fingerprint density at radius 2 is 2.44 bits per heavy atom. The zero-order valence-corrected chi connectivity index (χ0v) is 5.22. The molecule has 9 heavy (non-hydrogen) atoms. The SMILES string of the molecule is CCCc1coc(=O)o1. The summed E-state index contributed by atoms with van der Waals surface area (Å²) in [5.41, 5.74) is 0. The van der Waals surface area contributed by atoms with Crippen LogP contribution in [0.5, 0.6) is 0 Å². The summed E-state index contributed by atoms with van der Waals surface area (Å²) in [6, 6.07) is 0. The first-order valence-corrected chi connectivity index (χ1v) is 2.90. The molecular weight excluding hydrogens is 120 g/mol. The van der Waals surface area contributed by atoms with E-state index in [2.05, 4.69) is 8.83 Å². The molecule has 1 aromatic heterocycles. The van der Waals surface area contributed by atoms with Crippen molar-refractivity contribution >= 4 is 0 Å². The lowest BCUT2D eigenvalue weighted by molar-refractivity contribution is 0.373. The largest absolute Gasteiger partial charge is 0.518 e. The van der Waals surface area contributed by atoms with Gasteiger partial charge in [0.05, 0.1) is 0 Å². The lowest BCUT2D eigenvalue weighted by Gasteiger charge is -1.82. The summed E-state index contributed by atoms with van der Waals surface area (Å²) < 4.78 is 9.00. The molecule has 0 radical (unpaired) electrons. The Kier molecular flexibility index (Phi) is 1.72. The highest BCUT2D eigenvalue weighted by atomic mass is 16.6. The molecule has 0 atom stereocenters. The molecule has 0 N–H and O–H groups in total. The smallest absolute Gasteiger partial charge is 0.399 e. The van der Waals surface area contributed by atoms with Crippen molar-refractivity contribution in [1.29, 1.82) is 0 Å². The average Bonchev–Trinajstić information content (AvgIpc) is 2.17. The first kappa shape index (κ1) is 6.13. The van der Waals surface area contributed by atoms with Crippen LogP contribution in [0.15, 0.2) is 19.9 Å². The molecule has 1 heterocycles. The maximum atomic E-state index is 10.2. The van der Waals surface area contributed by atoms with Gasteiger partial charge in [-0.05, 0) is 6.42 Å². The highest BCUT2D eigenvalue weighted by molar-refractivity contribution is 4.83.